The normalized spacial score (nSPS) is 12.1. The van der Waals surface area contributed by atoms with E-state index in [9.17, 15) is 0 Å². The van der Waals surface area contributed by atoms with Gasteiger partial charge in [-0.25, -0.2) is 4.98 Å². The molecule has 3 aromatic rings. The molecule has 3 aromatic heterocycles. The molecular weight excluding hydrogens is 282 g/mol. The van der Waals surface area contributed by atoms with Gasteiger partial charge < -0.3 is 5.32 Å². The highest BCUT2D eigenvalue weighted by Gasteiger charge is 2.17. The molecule has 0 aliphatic heterocycles. The van der Waals surface area contributed by atoms with Gasteiger partial charge in [0.05, 0.1) is 17.2 Å². The molecule has 0 bridgehead atoms. The average molecular weight is 301 g/mol. The lowest BCUT2D eigenvalue weighted by atomic mass is 9.98. The summed E-state index contributed by atoms with van der Waals surface area (Å²) < 4.78 is 1.99. The van der Waals surface area contributed by atoms with Crippen molar-refractivity contribution in [1.82, 2.24) is 24.9 Å². The second kappa shape index (κ2) is 5.54. The summed E-state index contributed by atoms with van der Waals surface area (Å²) in [6.45, 7) is 7.98. The third-order valence-electron chi connectivity index (χ3n) is 3.17. The summed E-state index contributed by atoms with van der Waals surface area (Å²) in [4.78, 5) is 4.68. The zero-order chi connectivity index (χ0) is 14.9. The van der Waals surface area contributed by atoms with Crippen LogP contribution in [-0.2, 0) is 18.5 Å². The van der Waals surface area contributed by atoms with Crippen LogP contribution in [-0.4, -0.2) is 19.6 Å². The van der Waals surface area contributed by atoms with Gasteiger partial charge in [-0.2, -0.15) is 0 Å². The van der Waals surface area contributed by atoms with Gasteiger partial charge in [0.25, 0.3) is 0 Å². The predicted octanol–water partition coefficient (Wildman–Crippen LogP) is 2.77. The molecule has 0 spiro atoms. The van der Waals surface area contributed by atoms with E-state index in [1.165, 1.54) is 5.01 Å². The maximum atomic E-state index is 4.68. The van der Waals surface area contributed by atoms with Crippen molar-refractivity contribution in [2.45, 2.75) is 39.3 Å². The molecule has 0 fully saturated rings. The van der Waals surface area contributed by atoms with Crippen LogP contribution in [0.2, 0.25) is 0 Å². The van der Waals surface area contributed by atoms with Crippen LogP contribution in [0.25, 0.3) is 5.65 Å². The summed E-state index contributed by atoms with van der Waals surface area (Å²) >= 11 is 1.72. The molecule has 0 saturated carbocycles. The first-order valence-corrected chi connectivity index (χ1v) is 7.86. The Bertz CT molecular complexity index is 738. The van der Waals surface area contributed by atoms with Crippen molar-refractivity contribution in [3.05, 3.63) is 46.3 Å². The quantitative estimate of drug-likeness (QED) is 0.805. The van der Waals surface area contributed by atoms with Crippen molar-refractivity contribution < 1.29 is 0 Å². The molecule has 110 valence electrons. The van der Waals surface area contributed by atoms with Gasteiger partial charge in [0.1, 0.15) is 0 Å². The molecular formula is C15H19N5S. The first-order chi connectivity index (χ1) is 10.0. The summed E-state index contributed by atoms with van der Waals surface area (Å²) in [6.07, 6.45) is 1.98. The molecule has 0 aromatic carbocycles. The minimum absolute atomic E-state index is 0.117. The van der Waals surface area contributed by atoms with Crippen LogP contribution in [0.4, 0.5) is 0 Å². The van der Waals surface area contributed by atoms with Gasteiger partial charge >= 0.3 is 0 Å². The molecule has 0 aliphatic rings. The van der Waals surface area contributed by atoms with Crippen molar-refractivity contribution in [1.29, 1.82) is 0 Å². The van der Waals surface area contributed by atoms with Crippen LogP contribution in [0.1, 0.15) is 37.3 Å². The number of hydrogen-bond donors (Lipinski definition) is 1. The van der Waals surface area contributed by atoms with Crippen LogP contribution in [0, 0.1) is 0 Å². The Balaban J connectivity index is 1.62. The standard InChI is InChI=1S/C15H19N5S/c1-15(2,3)14-17-11(10-21-14)8-16-9-13-19-18-12-6-4-5-7-20(12)13/h4-7,10,16H,8-9H2,1-3H3. The van der Waals surface area contributed by atoms with Crippen LogP contribution in [0.15, 0.2) is 29.8 Å². The van der Waals surface area contributed by atoms with Crippen molar-refractivity contribution in [3.8, 4) is 0 Å². The Labute approximate surface area is 128 Å². The summed E-state index contributed by atoms with van der Waals surface area (Å²) in [5, 5.41) is 15.0. The number of hydrogen-bond acceptors (Lipinski definition) is 5. The minimum atomic E-state index is 0.117. The molecule has 1 N–H and O–H groups in total. The van der Waals surface area contributed by atoms with Gasteiger partial charge in [-0.15, -0.1) is 21.5 Å². The van der Waals surface area contributed by atoms with Gasteiger partial charge in [0.2, 0.25) is 0 Å². The molecule has 0 atom stereocenters. The van der Waals surface area contributed by atoms with Crippen molar-refractivity contribution in [3.63, 3.8) is 0 Å². The molecule has 0 amide bonds. The Kier molecular flexibility index (Phi) is 3.73. The number of nitrogens with zero attached hydrogens (tertiary/aromatic N) is 4. The Morgan fingerprint density at radius 3 is 2.81 bits per heavy atom. The lowest BCUT2D eigenvalue weighted by Gasteiger charge is -2.13. The zero-order valence-corrected chi connectivity index (χ0v) is 13.3. The fourth-order valence-electron chi connectivity index (χ4n) is 2.05. The van der Waals surface area contributed by atoms with Crippen LogP contribution in [0.3, 0.4) is 0 Å². The second-order valence-corrected chi connectivity index (χ2v) is 6.90. The molecule has 3 rings (SSSR count). The van der Waals surface area contributed by atoms with E-state index in [2.05, 4.69) is 46.6 Å². The Morgan fingerprint density at radius 2 is 2.05 bits per heavy atom. The van der Waals surface area contributed by atoms with Crippen molar-refractivity contribution in [2.75, 3.05) is 0 Å². The van der Waals surface area contributed by atoms with E-state index in [0.29, 0.717) is 6.54 Å². The number of rotatable bonds is 4. The van der Waals surface area contributed by atoms with E-state index < -0.39 is 0 Å². The second-order valence-electron chi connectivity index (χ2n) is 6.04. The molecule has 6 heteroatoms. The van der Waals surface area contributed by atoms with E-state index in [1.807, 2.05) is 28.8 Å². The summed E-state index contributed by atoms with van der Waals surface area (Å²) in [6, 6.07) is 5.90. The lowest BCUT2D eigenvalue weighted by Crippen LogP contribution is -2.16. The van der Waals surface area contributed by atoms with Gasteiger partial charge in [-0.05, 0) is 12.1 Å². The van der Waals surface area contributed by atoms with Crippen molar-refractivity contribution in [2.24, 2.45) is 0 Å². The number of nitrogens with one attached hydrogen (secondary N) is 1. The summed E-state index contributed by atoms with van der Waals surface area (Å²) in [5.74, 6) is 0.914. The van der Waals surface area contributed by atoms with E-state index in [-0.39, 0.29) is 5.41 Å². The monoisotopic (exact) mass is 301 g/mol. The molecule has 5 nitrogen and oxygen atoms in total. The zero-order valence-electron chi connectivity index (χ0n) is 12.5. The summed E-state index contributed by atoms with van der Waals surface area (Å²) in [5.41, 5.74) is 2.07. The maximum Gasteiger partial charge on any atom is 0.160 e. The predicted molar refractivity (Wildman–Crippen MR) is 84.3 cm³/mol. The van der Waals surface area contributed by atoms with Gasteiger partial charge in [0, 0.05) is 23.5 Å². The third kappa shape index (κ3) is 3.11. The number of fused-ring (bicyclic) bond motifs is 1. The highest BCUT2D eigenvalue weighted by molar-refractivity contribution is 7.09. The van der Waals surface area contributed by atoms with Gasteiger partial charge in [-0.1, -0.05) is 26.8 Å². The maximum absolute atomic E-state index is 4.68. The van der Waals surface area contributed by atoms with E-state index in [1.54, 1.807) is 11.3 Å². The first-order valence-electron chi connectivity index (χ1n) is 6.98. The third-order valence-corrected chi connectivity index (χ3v) is 4.48. The topological polar surface area (TPSA) is 55.1 Å². The fraction of sp³-hybridized carbons (Fsp3) is 0.400. The smallest absolute Gasteiger partial charge is 0.160 e. The number of thiazole rings is 1. The lowest BCUT2D eigenvalue weighted by molar-refractivity contribution is 0.578. The molecule has 3 heterocycles. The molecule has 21 heavy (non-hydrogen) atoms. The van der Waals surface area contributed by atoms with E-state index in [4.69, 9.17) is 0 Å². The number of aromatic nitrogens is 4. The SMILES string of the molecule is CC(C)(C)c1nc(CNCc2nnc3ccccn23)cs1. The fourth-order valence-corrected chi connectivity index (χ4v) is 2.95. The molecule has 0 saturated heterocycles. The Morgan fingerprint density at radius 1 is 1.19 bits per heavy atom. The molecule has 0 unspecified atom stereocenters. The largest absolute Gasteiger partial charge is 0.304 e. The highest BCUT2D eigenvalue weighted by atomic mass is 32.1. The minimum Gasteiger partial charge on any atom is -0.304 e. The van der Waals surface area contributed by atoms with Crippen molar-refractivity contribution >= 4 is 17.0 Å². The Hall–Kier alpha value is -1.79. The van der Waals surface area contributed by atoms with Crippen LogP contribution < -0.4 is 5.32 Å². The molecule has 0 aliphatic carbocycles. The van der Waals surface area contributed by atoms with Gasteiger partial charge in [0.15, 0.2) is 11.5 Å². The van der Waals surface area contributed by atoms with Gasteiger partial charge in [-0.3, -0.25) is 4.40 Å². The highest BCUT2D eigenvalue weighted by Crippen LogP contribution is 2.25. The van der Waals surface area contributed by atoms with E-state index >= 15 is 0 Å². The van der Waals surface area contributed by atoms with Crippen LogP contribution >= 0.6 is 11.3 Å². The average Bonchev–Trinajstić information content (AvgIpc) is 3.06. The van der Waals surface area contributed by atoms with Crippen LogP contribution in [0.5, 0.6) is 0 Å². The molecule has 0 radical (unpaired) electrons. The van der Waals surface area contributed by atoms with E-state index in [0.717, 1.165) is 23.7 Å². The number of pyridine rings is 1. The summed E-state index contributed by atoms with van der Waals surface area (Å²) in [7, 11) is 0. The first kappa shape index (κ1) is 14.2.